The average molecular weight is 311 g/mol. The van der Waals surface area contributed by atoms with Crippen molar-refractivity contribution in [3.63, 3.8) is 0 Å². The molecule has 2 aliphatic rings. The third-order valence-corrected chi connectivity index (χ3v) is 5.18. The molecule has 0 fully saturated rings. The van der Waals surface area contributed by atoms with Crippen molar-refractivity contribution in [1.82, 2.24) is 14.9 Å². The van der Waals surface area contributed by atoms with Gasteiger partial charge in [-0.05, 0) is 32.1 Å². The molecule has 1 atom stereocenters. The second kappa shape index (κ2) is 6.96. The van der Waals surface area contributed by atoms with Crippen LogP contribution in [0, 0.1) is 5.92 Å². The number of hydrogen-bond acceptors (Lipinski definition) is 3. The van der Waals surface area contributed by atoms with E-state index in [1.807, 2.05) is 0 Å². The van der Waals surface area contributed by atoms with Crippen LogP contribution in [-0.4, -0.2) is 28.0 Å². The Hall–Kier alpha value is -1.48. The lowest BCUT2D eigenvalue weighted by molar-refractivity contribution is 0.266. The predicted octanol–water partition coefficient (Wildman–Crippen LogP) is 4.26. The summed E-state index contributed by atoms with van der Waals surface area (Å²) >= 11 is 0. The highest BCUT2D eigenvalue weighted by Gasteiger charge is 2.21. The summed E-state index contributed by atoms with van der Waals surface area (Å²) in [6.07, 6.45) is 9.23. The lowest BCUT2D eigenvalue weighted by atomic mass is 9.85. The lowest BCUT2D eigenvalue weighted by Crippen LogP contribution is -2.33. The fraction of sp³-hybridized carbons (Fsp3) is 0.600. The fourth-order valence-corrected chi connectivity index (χ4v) is 3.57. The zero-order valence-electron chi connectivity index (χ0n) is 14.8. The molecule has 0 bridgehead atoms. The van der Waals surface area contributed by atoms with E-state index in [2.05, 4.69) is 49.5 Å². The monoisotopic (exact) mass is 311 g/mol. The van der Waals surface area contributed by atoms with E-state index < -0.39 is 0 Å². The predicted molar refractivity (Wildman–Crippen MR) is 95.3 cm³/mol. The summed E-state index contributed by atoms with van der Waals surface area (Å²) in [5.74, 6) is 2.09. The Balaban J connectivity index is 1.61. The number of allylic oxidation sites excluding steroid dienone is 2. The Morgan fingerprint density at radius 3 is 2.87 bits per heavy atom. The Labute approximate surface area is 140 Å². The second-order valence-corrected chi connectivity index (χ2v) is 7.50. The summed E-state index contributed by atoms with van der Waals surface area (Å²) in [7, 11) is 0. The van der Waals surface area contributed by atoms with Gasteiger partial charge in [-0.15, -0.1) is 0 Å². The molecule has 0 saturated carbocycles. The third-order valence-electron chi connectivity index (χ3n) is 5.18. The molecule has 3 rings (SSSR count). The summed E-state index contributed by atoms with van der Waals surface area (Å²) in [6, 6.07) is 0. The Morgan fingerprint density at radius 2 is 2.22 bits per heavy atom. The van der Waals surface area contributed by atoms with Crippen LogP contribution in [0.15, 0.2) is 30.0 Å². The fourth-order valence-electron chi connectivity index (χ4n) is 3.57. The van der Waals surface area contributed by atoms with Gasteiger partial charge in [-0.1, -0.05) is 37.6 Å². The van der Waals surface area contributed by atoms with Crippen LogP contribution >= 0.6 is 0 Å². The van der Waals surface area contributed by atoms with E-state index in [1.165, 1.54) is 36.1 Å². The second-order valence-electron chi connectivity index (χ2n) is 7.50. The smallest absolute Gasteiger partial charge is 0.131 e. The molecule has 0 radical (unpaired) electrons. The first-order valence-electron chi connectivity index (χ1n) is 8.93. The molecule has 1 aromatic heterocycles. The van der Waals surface area contributed by atoms with Crippen LogP contribution in [0.5, 0.6) is 0 Å². The molecule has 0 N–H and O–H groups in total. The maximum absolute atomic E-state index is 4.76. The standard InChI is InChI=1S/C20H29N3/c1-14(2)17-7-5-16(6-8-17)12-23-10-9-19-18(13-23)11-21-20(22-19)15(3)4/h5,11,15,17H,1,6-10,12-13H2,2-4H3. The molecule has 124 valence electrons. The summed E-state index contributed by atoms with van der Waals surface area (Å²) in [5.41, 5.74) is 5.52. The van der Waals surface area contributed by atoms with E-state index in [-0.39, 0.29) is 0 Å². The quantitative estimate of drug-likeness (QED) is 0.778. The molecule has 0 amide bonds. The SMILES string of the molecule is C=C(C)C1CC=C(CN2CCc3nc(C(C)C)ncc3C2)CC1. The van der Waals surface area contributed by atoms with Gasteiger partial charge in [0.15, 0.2) is 0 Å². The molecule has 1 unspecified atom stereocenters. The molecule has 3 heteroatoms. The van der Waals surface area contributed by atoms with E-state index >= 15 is 0 Å². The van der Waals surface area contributed by atoms with E-state index in [0.29, 0.717) is 11.8 Å². The third kappa shape index (κ3) is 3.89. The molecule has 1 aromatic rings. The van der Waals surface area contributed by atoms with Crippen molar-refractivity contribution < 1.29 is 0 Å². The number of fused-ring (bicyclic) bond motifs is 1. The zero-order chi connectivity index (χ0) is 16.4. The van der Waals surface area contributed by atoms with Gasteiger partial charge < -0.3 is 0 Å². The van der Waals surface area contributed by atoms with Gasteiger partial charge in [0.2, 0.25) is 0 Å². The maximum Gasteiger partial charge on any atom is 0.131 e. The Morgan fingerprint density at radius 1 is 1.39 bits per heavy atom. The molecule has 1 aliphatic carbocycles. The minimum atomic E-state index is 0.409. The summed E-state index contributed by atoms with van der Waals surface area (Å²) in [5, 5.41) is 0. The van der Waals surface area contributed by atoms with Gasteiger partial charge in [0.05, 0.1) is 0 Å². The van der Waals surface area contributed by atoms with Crippen molar-refractivity contribution in [2.45, 2.75) is 58.9 Å². The Bertz CT molecular complexity index is 615. The van der Waals surface area contributed by atoms with Crippen molar-refractivity contribution in [2.75, 3.05) is 13.1 Å². The first-order chi connectivity index (χ1) is 11.0. The minimum Gasteiger partial charge on any atom is -0.295 e. The number of hydrogen-bond donors (Lipinski definition) is 0. The van der Waals surface area contributed by atoms with Crippen molar-refractivity contribution in [3.05, 3.63) is 47.1 Å². The van der Waals surface area contributed by atoms with Gasteiger partial charge in [0, 0.05) is 49.4 Å². The van der Waals surface area contributed by atoms with Crippen molar-refractivity contribution in [3.8, 4) is 0 Å². The highest BCUT2D eigenvalue weighted by Crippen LogP contribution is 2.29. The van der Waals surface area contributed by atoms with Crippen LogP contribution in [-0.2, 0) is 13.0 Å². The van der Waals surface area contributed by atoms with E-state index in [1.54, 1.807) is 5.57 Å². The highest BCUT2D eigenvalue weighted by atomic mass is 15.1. The van der Waals surface area contributed by atoms with Crippen LogP contribution in [0.3, 0.4) is 0 Å². The topological polar surface area (TPSA) is 29.0 Å². The molecule has 23 heavy (non-hydrogen) atoms. The molecular weight excluding hydrogens is 282 g/mol. The van der Waals surface area contributed by atoms with Crippen LogP contribution < -0.4 is 0 Å². The highest BCUT2D eigenvalue weighted by molar-refractivity contribution is 5.22. The van der Waals surface area contributed by atoms with Gasteiger partial charge in [-0.25, -0.2) is 9.97 Å². The normalized spacial score (nSPS) is 21.9. The summed E-state index contributed by atoms with van der Waals surface area (Å²) in [6.45, 7) is 13.8. The van der Waals surface area contributed by atoms with Crippen LogP contribution in [0.1, 0.15) is 63.0 Å². The molecule has 0 spiro atoms. The largest absolute Gasteiger partial charge is 0.295 e. The minimum absolute atomic E-state index is 0.409. The van der Waals surface area contributed by atoms with Crippen molar-refractivity contribution in [1.29, 1.82) is 0 Å². The average Bonchev–Trinajstić information content (AvgIpc) is 2.54. The molecule has 0 aromatic carbocycles. The van der Waals surface area contributed by atoms with Crippen LogP contribution in [0.25, 0.3) is 0 Å². The van der Waals surface area contributed by atoms with E-state index in [4.69, 9.17) is 4.98 Å². The molecule has 3 nitrogen and oxygen atoms in total. The Kier molecular flexibility index (Phi) is 4.96. The van der Waals surface area contributed by atoms with Gasteiger partial charge >= 0.3 is 0 Å². The summed E-state index contributed by atoms with van der Waals surface area (Å²) < 4.78 is 0. The van der Waals surface area contributed by atoms with Crippen LogP contribution in [0.4, 0.5) is 0 Å². The first kappa shape index (κ1) is 16.4. The number of rotatable bonds is 4. The molecule has 0 saturated heterocycles. The van der Waals surface area contributed by atoms with Gasteiger partial charge in [0.25, 0.3) is 0 Å². The van der Waals surface area contributed by atoms with Crippen LogP contribution in [0.2, 0.25) is 0 Å². The van der Waals surface area contributed by atoms with Gasteiger partial charge in [-0.3, -0.25) is 4.90 Å². The van der Waals surface area contributed by atoms with Crippen molar-refractivity contribution in [2.24, 2.45) is 5.92 Å². The van der Waals surface area contributed by atoms with E-state index in [9.17, 15) is 0 Å². The molecular formula is C20H29N3. The van der Waals surface area contributed by atoms with E-state index in [0.717, 1.165) is 31.9 Å². The van der Waals surface area contributed by atoms with Gasteiger partial charge in [0.1, 0.15) is 5.82 Å². The maximum atomic E-state index is 4.76. The summed E-state index contributed by atoms with van der Waals surface area (Å²) in [4.78, 5) is 11.9. The number of aromatic nitrogens is 2. The number of nitrogens with zero attached hydrogens (tertiary/aromatic N) is 3. The lowest BCUT2D eigenvalue weighted by Gasteiger charge is -2.31. The first-order valence-corrected chi connectivity index (χ1v) is 8.93. The molecule has 1 aliphatic heterocycles. The van der Waals surface area contributed by atoms with Crippen molar-refractivity contribution >= 4 is 0 Å². The zero-order valence-corrected chi connectivity index (χ0v) is 14.8. The van der Waals surface area contributed by atoms with Gasteiger partial charge in [-0.2, -0.15) is 0 Å². The molecule has 2 heterocycles.